The van der Waals surface area contributed by atoms with E-state index in [1.165, 1.54) is 24.3 Å². The van der Waals surface area contributed by atoms with Crippen LogP contribution in [0.5, 0.6) is 0 Å². The molecule has 0 fully saturated rings. The molecule has 12 heteroatoms. The zero-order valence-electron chi connectivity index (χ0n) is 20.4. The third-order valence-corrected chi connectivity index (χ3v) is 7.70. The summed E-state index contributed by atoms with van der Waals surface area (Å²) < 4.78 is 81.1. The summed E-state index contributed by atoms with van der Waals surface area (Å²) in [5.41, 5.74) is -0.298. The van der Waals surface area contributed by atoms with Crippen molar-refractivity contribution in [3.8, 4) is 12.1 Å². The van der Waals surface area contributed by atoms with Crippen LogP contribution in [-0.2, 0) is 12.4 Å². The second kappa shape index (κ2) is 12.0. The number of hydrogen-bond acceptors (Lipinski definition) is 6. The number of nitriles is 2. The summed E-state index contributed by atoms with van der Waals surface area (Å²) in [6, 6.07) is 24.1. The molecule has 0 aromatic heterocycles. The largest absolute Gasteiger partial charge is 0.416 e. The molecule has 4 aromatic carbocycles. The molecule has 0 aliphatic carbocycles. The van der Waals surface area contributed by atoms with Gasteiger partial charge in [-0.15, -0.1) is 0 Å². The maximum Gasteiger partial charge on any atom is 0.416 e. The molecule has 0 N–H and O–H groups in total. The SMILES string of the molecule is N#CCN(Sc1ccc(C(F)(F)F)cc1)c1ccc(N(CC#N)Sc2ccc(C(F)(F)F)cc2)c2ccccc12. The van der Waals surface area contributed by atoms with E-state index in [0.29, 0.717) is 31.9 Å². The van der Waals surface area contributed by atoms with Gasteiger partial charge in [-0.05, 0) is 84.6 Å². The fraction of sp³-hybridized carbons (Fsp3) is 0.143. The summed E-state index contributed by atoms with van der Waals surface area (Å²) in [7, 11) is 0. The predicted octanol–water partition coefficient (Wildman–Crippen LogP) is 8.95. The van der Waals surface area contributed by atoms with Gasteiger partial charge in [-0.1, -0.05) is 24.3 Å². The first-order valence-corrected chi connectivity index (χ1v) is 13.1. The Hall–Kier alpha value is -4.00. The molecule has 4 rings (SSSR count). The van der Waals surface area contributed by atoms with Crippen LogP contribution in [-0.4, -0.2) is 13.1 Å². The van der Waals surface area contributed by atoms with Crippen LogP contribution in [0, 0.1) is 22.7 Å². The molecule has 0 radical (unpaired) electrons. The van der Waals surface area contributed by atoms with E-state index in [2.05, 4.69) is 12.1 Å². The highest BCUT2D eigenvalue weighted by Gasteiger charge is 2.31. The van der Waals surface area contributed by atoms with E-state index < -0.39 is 23.5 Å². The van der Waals surface area contributed by atoms with Gasteiger partial charge in [-0.2, -0.15) is 36.9 Å². The Morgan fingerprint density at radius 3 is 1.20 bits per heavy atom. The van der Waals surface area contributed by atoms with Crippen LogP contribution in [0.1, 0.15) is 11.1 Å². The normalized spacial score (nSPS) is 11.6. The summed E-state index contributed by atoms with van der Waals surface area (Å²) in [4.78, 5) is 1.00. The molecular weight excluding hydrogens is 570 g/mol. The summed E-state index contributed by atoms with van der Waals surface area (Å²) in [5.74, 6) is 0. The molecule has 0 saturated heterocycles. The minimum atomic E-state index is -4.46. The lowest BCUT2D eigenvalue weighted by Crippen LogP contribution is -2.17. The molecule has 0 spiro atoms. The number of halogens is 6. The average molecular weight is 589 g/mol. The Balaban J connectivity index is 1.68. The third kappa shape index (κ3) is 6.76. The zero-order valence-corrected chi connectivity index (χ0v) is 22.0. The number of fused-ring (bicyclic) bond motifs is 1. The first-order chi connectivity index (χ1) is 19.0. The van der Waals surface area contributed by atoms with Gasteiger partial charge in [0.1, 0.15) is 13.1 Å². The molecule has 0 bridgehead atoms. The topological polar surface area (TPSA) is 54.1 Å². The van der Waals surface area contributed by atoms with Crippen molar-refractivity contribution in [2.75, 3.05) is 21.7 Å². The fourth-order valence-electron chi connectivity index (χ4n) is 3.83. The highest BCUT2D eigenvalue weighted by molar-refractivity contribution is 8.01. The minimum Gasteiger partial charge on any atom is -0.297 e. The van der Waals surface area contributed by atoms with Gasteiger partial charge in [-0.25, -0.2) is 0 Å². The summed E-state index contributed by atoms with van der Waals surface area (Å²) in [5, 5.41) is 20.4. The van der Waals surface area contributed by atoms with Crippen LogP contribution in [0.3, 0.4) is 0 Å². The fourth-order valence-corrected chi connectivity index (χ4v) is 5.61. The molecule has 0 aliphatic heterocycles. The first kappa shape index (κ1) is 29.0. The molecule has 0 unspecified atom stereocenters. The van der Waals surface area contributed by atoms with Gasteiger partial charge in [0.05, 0.1) is 34.6 Å². The van der Waals surface area contributed by atoms with E-state index in [4.69, 9.17) is 0 Å². The Morgan fingerprint density at radius 2 is 0.900 bits per heavy atom. The lowest BCUT2D eigenvalue weighted by atomic mass is 10.1. The summed E-state index contributed by atoms with van der Waals surface area (Å²) in [6.45, 7) is -0.144. The van der Waals surface area contributed by atoms with Crippen LogP contribution in [0.4, 0.5) is 37.7 Å². The average Bonchev–Trinajstić information content (AvgIpc) is 2.92. The van der Waals surface area contributed by atoms with Crippen LogP contribution >= 0.6 is 23.9 Å². The first-order valence-electron chi connectivity index (χ1n) is 11.5. The maximum atomic E-state index is 13.0. The van der Waals surface area contributed by atoms with Crippen molar-refractivity contribution in [3.05, 3.63) is 96.1 Å². The summed E-state index contributed by atoms with van der Waals surface area (Å²) >= 11 is 2.22. The van der Waals surface area contributed by atoms with Gasteiger partial charge in [-0.3, -0.25) is 8.61 Å². The molecular formula is C28H18F6N4S2. The molecule has 0 saturated carbocycles. The van der Waals surface area contributed by atoms with Crippen molar-refractivity contribution in [1.29, 1.82) is 10.5 Å². The molecule has 4 nitrogen and oxygen atoms in total. The molecule has 0 amide bonds. The van der Waals surface area contributed by atoms with Crippen molar-refractivity contribution in [2.45, 2.75) is 22.1 Å². The second-order valence-corrected chi connectivity index (χ2v) is 10.5. The minimum absolute atomic E-state index is 0.0722. The van der Waals surface area contributed by atoms with Crippen LogP contribution in [0.2, 0.25) is 0 Å². The Labute approximate surface area is 234 Å². The monoisotopic (exact) mass is 588 g/mol. The number of anilines is 2. The van der Waals surface area contributed by atoms with Crippen molar-refractivity contribution in [1.82, 2.24) is 0 Å². The van der Waals surface area contributed by atoms with Crippen molar-refractivity contribution < 1.29 is 26.3 Å². The lowest BCUT2D eigenvalue weighted by Gasteiger charge is -2.26. The highest BCUT2D eigenvalue weighted by Crippen LogP contribution is 2.41. The highest BCUT2D eigenvalue weighted by atomic mass is 32.2. The number of nitrogens with zero attached hydrogens (tertiary/aromatic N) is 4. The standard InChI is InChI=1S/C28H18F6N4S2/c29-27(30,31)19-5-9-21(10-6-19)39-37(17-15-35)25-13-14-26(24-4-2-1-3-23(24)25)38(18-16-36)40-22-11-7-20(8-12-22)28(32,33)34/h1-14H,17-18H2. The van der Waals surface area contributed by atoms with Gasteiger partial charge < -0.3 is 0 Å². The van der Waals surface area contributed by atoms with E-state index in [1.54, 1.807) is 32.9 Å². The van der Waals surface area contributed by atoms with E-state index in [1.807, 2.05) is 12.1 Å². The maximum absolute atomic E-state index is 13.0. The Morgan fingerprint density at radius 1 is 0.550 bits per heavy atom. The molecule has 0 atom stereocenters. The number of benzene rings is 4. The lowest BCUT2D eigenvalue weighted by molar-refractivity contribution is -0.138. The van der Waals surface area contributed by atoms with E-state index in [-0.39, 0.29) is 13.1 Å². The number of alkyl halides is 6. The Kier molecular flexibility index (Phi) is 8.72. The molecule has 0 heterocycles. The van der Waals surface area contributed by atoms with Gasteiger partial charge in [0.15, 0.2) is 0 Å². The van der Waals surface area contributed by atoms with Crippen molar-refractivity contribution in [2.24, 2.45) is 0 Å². The van der Waals surface area contributed by atoms with Crippen LogP contribution < -0.4 is 8.61 Å². The third-order valence-electron chi connectivity index (χ3n) is 5.64. The second-order valence-electron chi connectivity index (χ2n) is 8.27. The van der Waals surface area contributed by atoms with Crippen molar-refractivity contribution >= 4 is 46.0 Å². The quantitative estimate of drug-likeness (QED) is 0.116. The van der Waals surface area contributed by atoms with Gasteiger partial charge >= 0.3 is 12.4 Å². The molecule has 0 aliphatic rings. The van der Waals surface area contributed by atoms with Crippen molar-refractivity contribution in [3.63, 3.8) is 0 Å². The molecule has 4 aromatic rings. The summed E-state index contributed by atoms with van der Waals surface area (Å²) in [6.07, 6.45) is -8.93. The van der Waals surface area contributed by atoms with Crippen LogP contribution in [0.15, 0.2) is 94.7 Å². The number of hydrogen-bond donors (Lipinski definition) is 0. The van der Waals surface area contributed by atoms with Gasteiger partial charge in [0, 0.05) is 20.6 Å². The molecule has 40 heavy (non-hydrogen) atoms. The van der Waals surface area contributed by atoms with E-state index in [0.717, 1.165) is 48.2 Å². The zero-order chi connectivity index (χ0) is 28.9. The number of rotatable bonds is 8. The smallest absolute Gasteiger partial charge is 0.297 e. The Bertz CT molecular complexity index is 1440. The van der Waals surface area contributed by atoms with E-state index >= 15 is 0 Å². The molecule has 204 valence electrons. The van der Waals surface area contributed by atoms with E-state index in [9.17, 15) is 36.9 Å². The van der Waals surface area contributed by atoms with Gasteiger partial charge in [0.25, 0.3) is 0 Å². The van der Waals surface area contributed by atoms with Crippen LogP contribution in [0.25, 0.3) is 10.8 Å². The van der Waals surface area contributed by atoms with Gasteiger partial charge in [0.2, 0.25) is 0 Å². The predicted molar refractivity (Wildman–Crippen MR) is 144 cm³/mol.